The highest BCUT2D eigenvalue weighted by molar-refractivity contribution is 6.19. The Balaban J connectivity index is 0.00000341. The second kappa shape index (κ2) is 10.8. The number of aliphatic carboxylic acids is 1. The largest absolute Gasteiger partial charge is 0.481 e. The van der Waals surface area contributed by atoms with Crippen LogP contribution in [-0.2, 0) is 20.9 Å². The fraction of sp³-hybridized carbons (Fsp3) is 0.522. The van der Waals surface area contributed by atoms with Crippen LogP contribution in [-0.4, -0.2) is 47.4 Å². The fourth-order valence-corrected chi connectivity index (χ4v) is 4.52. The van der Waals surface area contributed by atoms with Crippen LogP contribution in [0.25, 0.3) is 0 Å². The van der Waals surface area contributed by atoms with Crippen molar-refractivity contribution >= 4 is 30.2 Å². The summed E-state index contributed by atoms with van der Waals surface area (Å²) in [5.41, 5.74) is 5.52. The minimum Gasteiger partial charge on any atom is -0.481 e. The van der Waals surface area contributed by atoms with E-state index in [2.05, 4.69) is 5.32 Å². The molecule has 1 unspecified atom stereocenters. The van der Waals surface area contributed by atoms with Crippen LogP contribution >= 0.6 is 12.4 Å². The molecule has 31 heavy (non-hydrogen) atoms. The average Bonchev–Trinajstić information content (AvgIpc) is 2.75. The number of carbonyl (C=O) groups is 3. The van der Waals surface area contributed by atoms with Crippen LogP contribution in [0.4, 0.5) is 0 Å². The van der Waals surface area contributed by atoms with E-state index in [1.165, 1.54) is 18.0 Å². The number of benzene rings is 1. The maximum atomic E-state index is 13.0. The molecule has 3 rings (SSSR count). The van der Waals surface area contributed by atoms with E-state index < -0.39 is 23.2 Å². The molecule has 1 saturated carbocycles. The molecule has 1 aliphatic carbocycles. The third-order valence-electron chi connectivity index (χ3n) is 6.42. The highest BCUT2D eigenvalue weighted by Crippen LogP contribution is 2.38. The highest BCUT2D eigenvalue weighted by Gasteiger charge is 2.45. The van der Waals surface area contributed by atoms with E-state index in [4.69, 9.17) is 5.73 Å². The first-order valence-corrected chi connectivity index (χ1v) is 10.6. The molecule has 1 atom stereocenters. The van der Waals surface area contributed by atoms with Crippen molar-refractivity contribution in [1.29, 1.82) is 0 Å². The van der Waals surface area contributed by atoms with E-state index >= 15 is 0 Å². The van der Waals surface area contributed by atoms with Crippen LogP contribution < -0.4 is 11.1 Å². The number of nitrogens with two attached hydrogens (primary N) is 1. The number of likely N-dealkylation sites (N-methyl/N-ethyl adjacent to an activating group) is 1. The predicted octanol–water partition coefficient (Wildman–Crippen LogP) is 2.49. The molecule has 0 bridgehead atoms. The molecule has 0 spiro atoms. The van der Waals surface area contributed by atoms with Crippen molar-refractivity contribution in [3.05, 3.63) is 47.5 Å². The molecule has 1 fully saturated rings. The molecule has 1 aromatic rings. The number of hydrogen-bond acceptors (Lipinski definition) is 4. The third-order valence-corrected chi connectivity index (χ3v) is 6.42. The number of amides is 2. The molecule has 4 N–H and O–H groups in total. The summed E-state index contributed by atoms with van der Waals surface area (Å²) in [4.78, 5) is 39.3. The molecule has 1 aliphatic heterocycles. The molecule has 0 aromatic heterocycles. The lowest BCUT2D eigenvalue weighted by Gasteiger charge is -2.39. The summed E-state index contributed by atoms with van der Waals surface area (Å²) < 4.78 is 0. The average molecular weight is 450 g/mol. The zero-order chi connectivity index (χ0) is 21.7. The summed E-state index contributed by atoms with van der Waals surface area (Å²) in [6, 6.07) is 9.64. The molecule has 8 heteroatoms. The van der Waals surface area contributed by atoms with Gasteiger partial charge in [0.1, 0.15) is 11.0 Å². The van der Waals surface area contributed by atoms with Gasteiger partial charge < -0.3 is 21.1 Å². The summed E-state index contributed by atoms with van der Waals surface area (Å²) in [7, 11) is 1.44. The zero-order valence-corrected chi connectivity index (χ0v) is 18.7. The zero-order valence-electron chi connectivity index (χ0n) is 17.9. The molecule has 2 amide bonds. The van der Waals surface area contributed by atoms with Crippen molar-refractivity contribution in [2.75, 3.05) is 13.6 Å². The van der Waals surface area contributed by atoms with E-state index in [-0.39, 0.29) is 37.1 Å². The first-order valence-electron chi connectivity index (χ1n) is 10.6. The number of carbonyl (C=O) groups excluding carboxylic acids is 2. The lowest BCUT2D eigenvalue weighted by Crippen LogP contribution is -2.51. The number of rotatable bonds is 7. The van der Waals surface area contributed by atoms with Gasteiger partial charge in [-0.2, -0.15) is 0 Å². The van der Waals surface area contributed by atoms with Crippen molar-refractivity contribution in [2.45, 2.75) is 51.1 Å². The molecular weight excluding hydrogens is 418 g/mol. The topological polar surface area (TPSA) is 113 Å². The van der Waals surface area contributed by atoms with Gasteiger partial charge in [0.25, 0.3) is 11.8 Å². The number of nitrogens with zero attached hydrogens (tertiary/aromatic N) is 1. The van der Waals surface area contributed by atoms with Crippen molar-refractivity contribution in [3.8, 4) is 0 Å². The second-order valence-electron chi connectivity index (χ2n) is 8.56. The Hall–Kier alpha value is -2.38. The molecular formula is C23H32ClN3O4. The van der Waals surface area contributed by atoms with Gasteiger partial charge in [0.05, 0.1) is 0 Å². The van der Waals surface area contributed by atoms with Crippen molar-refractivity contribution in [3.63, 3.8) is 0 Å². The normalized spacial score (nSPS) is 25.9. The van der Waals surface area contributed by atoms with Crippen molar-refractivity contribution < 1.29 is 19.5 Å². The number of hydrogen-bond donors (Lipinski definition) is 3. The third kappa shape index (κ3) is 5.86. The summed E-state index contributed by atoms with van der Waals surface area (Å²) in [5, 5.41) is 12.6. The van der Waals surface area contributed by atoms with Gasteiger partial charge >= 0.3 is 5.97 Å². The van der Waals surface area contributed by atoms with Crippen molar-refractivity contribution in [2.24, 2.45) is 17.1 Å². The van der Waals surface area contributed by atoms with Crippen LogP contribution in [0, 0.1) is 11.3 Å². The minimum atomic E-state index is -1.27. The number of carboxylic acids is 1. The maximum absolute atomic E-state index is 13.0. The SMILES string of the molecule is CNC(=O)C1=CC(CC[C@H]2CC[C@H](N)CC2)(C(=O)O)CN(Cc2ccccc2)C1=O.Cl. The van der Waals surface area contributed by atoms with Crippen LogP contribution in [0.3, 0.4) is 0 Å². The van der Waals surface area contributed by atoms with Crippen LogP contribution in [0.15, 0.2) is 42.0 Å². The first kappa shape index (κ1) is 24.9. The summed E-state index contributed by atoms with van der Waals surface area (Å²) in [5.74, 6) is -1.55. The van der Waals surface area contributed by atoms with Crippen molar-refractivity contribution in [1.82, 2.24) is 10.2 Å². The van der Waals surface area contributed by atoms with Gasteiger partial charge in [-0.05, 0) is 56.1 Å². The Morgan fingerprint density at radius 1 is 1.19 bits per heavy atom. The Kier molecular flexibility index (Phi) is 8.65. The van der Waals surface area contributed by atoms with E-state index in [9.17, 15) is 19.5 Å². The van der Waals surface area contributed by atoms with Gasteiger partial charge in [0.15, 0.2) is 0 Å². The molecule has 0 radical (unpaired) electrons. The maximum Gasteiger partial charge on any atom is 0.315 e. The summed E-state index contributed by atoms with van der Waals surface area (Å²) in [6.45, 7) is 0.324. The van der Waals surface area contributed by atoms with E-state index in [1.54, 1.807) is 0 Å². The standard InChI is InChI=1S/C23H31N3O4.ClH/c1-25-20(27)19-13-23(22(29)30,12-11-16-7-9-18(24)10-8-16)15-26(21(19)28)14-17-5-3-2-4-6-17;/h2-6,13,16,18H,7-12,14-15,24H2,1H3,(H,25,27)(H,29,30);1H/t16-,18-,23?;. The van der Waals surface area contributed by atoms with E-state index in [0.717, 1.165) is 37.7 Å². The van der Waals surface area contributed by atoms with Crippen LogP contribution in [0.5, 0.6) is 0 Å². The fourth-order valence-electron chi connectivity index (χ4n) is 4.52. The molecule has 2 aliphatic rings. The monoisotopic (exact) mass is 449 g/mol. The van der Waals surface area contributed by atoms with Crippen LogP contribution in [0.2, 0.25) is 0 Å². The minimum absolute atomic E-state index is 0. The molecule has 1 aromatic carbocycles. The summed E-state index contributed by atoms with van der Waals surface area (Å²) in [6.07, 6.45) is 6.44. The van der Waals surface area contributed by atoms with Gasteiger partial charge in [-0.1, -0.05) is 30.3 Å². The van der Waals surface area contributed by atoms with Gasteiger partial charge in [-0.15, -0.1) is 12.4 Å². The van der Waals surface area contributed by atoms with Gasteiger partial charge in [0.2, 0.25) is 0 Å². The number of carboxylic acid groups (broad SMARTS) is 1. The summed E-state index contributed by atoms with van der Waals surface area (Å²) >= 11 is 0. The molecule has 0 saturated heterocycles. The molecule has 7 nitrogen and oxygen atoms in total. The Morgan fingerprint density at radius 2 is 1.84 bits per heavy atom. The Labute approximate surface area is 189 Å². The smallest absolute Gasteiger partial charge is 0.315 e. The van der Waals surface area contributed by atoms with Crippen LogP contribution in [0.1, 0.15) is 44.1 Å². The van der Waals surface area contributed by atoms with Gasteiger partial charge in [0, 0.05) is 26.2 Å². The lowest BCUT2D eigenvalue weighted by molar-refractivity contribution is -0.150. The van der Waals surface area contributed by atoms with E-state index in [1.807, 2.05) is 30.3 Å². The van der Waals surface area contributed by atoms with E-state index in [0.29, 0.717) is 12.3 Å². The first-order chi connectivity index (χ1) is 14.3. The predicted molar refractivity (Wildman–Crippen MR) is 120 cm³/mol. The molecule has 170 valence electrons. The Bertz CT molecular complexity index is 821. The highest BCUT2D eigenvalue weighted by atomic mass is 35.5. The number of halogens is 1. The second-order valence-corrected chi connectivity index (χ2v) is 8.56. The molecule has 1 heterocycles. The Morgan fingerprint density at radius 3 is 2.42 bits per heavy atom. The quantitative estimate of drug-likeness (QED) is 0.553. The number of nitrogens with one attached hydrogen (secondary N) is 1. The lowest BCUT2D eigenvalue weighted by atomic mass is 9.74. The van der Waals surface area contributed by atoms with Gasteiger partial charge in [-0.25, -0.2) is 0 Å². The van der Waals surface area contributed by atoms with Gasteiger partial charge in [-0.3, -0.25) is 14.4 Å².